The highest BCUT2D eigenvalue weighted by molar-refractivity contribution is 7.53. The number of hydrogen-bond donors (Lipinski definition) is 2. The highest BCUT2D eigenvalue weighted by atomic mass is 35.5. The molecule has 0 amide bonds. The van der Waals surface area contributed by atoms with Gasteiger partial charge in [0.05, 0.1) is 36.5 Å². The zero-order valence-electron chi connectivity index (χ0n) is 27.9. The third kappa shape index (κ3) is 10.9. The molecule has 0 radical (unpaired) electrons. The molecular weight excluding hydrogens is 675 g/mol. The van der Waals surface area contributed by atoms with Gasteiger partial charge in [0, 0.05) is 12.5 Å². The molecule has 1 unspecified atom stereocenters. The second-order valence-corrected chi connectivity index (χ2v) is 14.5. The van der Waals surface area contributed by atoms with Crippen LogP contribution in [0.1, 0.15) is 78.7 Å². The molecule has 0 spiro atoms. The first-order valence-corrected chi connectivity index (χ1v) is 18.2. The Bertz CT molecular complexity index is 1280. The fourth-order valence-corrected chi connectivity index (χ4v) is 6.66. The number of halogens is 1. The van der Waals surface area contributed by atoms with E-state index in [1.165, 1.54) is 0 Å². The molecule has 270 valence electrons. The third-order valence-electron chi connectivity index (χ3n) is 7.61. The Morgan fingerprint density at radius 1 is 1.08 bits per heavy atom. The van der Waals surface area contributed by atoms with Crippen molar-refractivity contribution in [1.29, 1.82) is 0 Å². The number of anilines is 2. The van der Waals surface area contributed by atoms with Crippen LogP contribution in [0.2, 0.25) is 5.28 Å². The molecule has 2 N–H and O–H groups in total. The molecule has 2 fully saturated rings. The fourth-order valence-electron chi connectivity index (χ4n) is 5.51. The van der Waals surface area contributed by atoms with E-state index in [4.69, 9.17) is 49.1 Å². The fraction of sp³-hybridized carbons (Fsp3) is 0.733. The summed E-state index contributed by atoms with van der Waals surface area (Å²) in [5.74, 6) is 1.19. The van der Waals surface area contributed by atoms with Gasteiger partial charge in [0.15, 0.2) is 6.23 Å². The topological polar surface area (TPSA) is 186 Å². The predicted molar refractivity (Wildman–Crippen MR) is 174 cm³/mol. The highest BCUT2D eigenvalue weighted by Gasteiger charge is 2.43. The van der Waals surface area contributed by atoms with Crippen molar-refractivity contribution < 1.29 is 56.7 Å². The van der Waals surface area contributed by atoms with Crippen LogP contribution in [0.5, 0.6) is 0 Å². The van der Waals surface area contributed by atoms with Crippen LogP contribution in [-0.4, -0.2) is 96.7 Å². The first kappa shape index (κ1) is 38.1. The Morgan fingerprint density at radius 2 is 1.71 bits per heavy atom. The van der Waals surface area contributed by atoms with Crippen LogP contribution < -0.4 is 10.2 Å². The second kappa shape index (κ2) is 17.8. The lowest BCUT2D eigenvalue weighted by Gasteiger charge is -2.39. The van der Waals surface area contributed by atoms with E-state index in [9.17, 15) is 19.3 Å². The number of aromatic nitrogens is 2. The molecule has 3 aliphatic rings. The van der Waals surface area contributed by atoms with Gasteiger partial charge < -0.3 is 43.7 Å². The van der Waals surface area contributed by atoms with Gasteiger partial charge in [-0.15, -0.1) is 0 Å². The largest absolute Gasteiger partial charge is 0.510 e. The second-order valence-electron chi connectivity index (χ2n) is 12.1. The molecule has 1 saturated carbocycles. The zero-order valence-corrected chi connectivity index (χ0v) is 29.5. The van der Waals surface area contributed by atoms with Gasteiger partial charge in [-0.2, -0.15) is 4.98 Å². The molecule has 4 atom stereocenters. The van der Waals surface area contributed by atoms with Gasteiger partial charge in [-0.3, -0.25) is 13.6 Å². The maximum Gasteiger partial charge on any atom is 0.510 e. The van der Waals surface area contributed by atoms with Crippen LogP contribution >= 0.6 is 19.2 Å². The Labute approximate surface area is 285 Å². The Morgan fingerprint density at radius 3 is 2.29 bits per heavy atom. The lowest BCUT2D eigenvalue weighted by Crippen LogP contribution is -2.49. The predicted octanol–water partition coefficient (Wildman–Crippen LogP) is 5.81. The van der Waals surface area contributed by atoms with E-state index in [1.54, 1.807) is 27.7 Å². The molecule has 3 heterocycles. The summed E-state index contributed by atoms with van der Waals surface area (Å²) >= 11 is 6.40. The Hall–Kier alpha value is -2.72. The lowest BCUT2D eigenvalue weighted by molar-refractivity contribution is -0.0423. The maximum atomic E-state index is 13.4. The molecule has 4 rings (SSSR count). The van der Waals surface area contributed by atoms with Crippen LogP contribution in [0, 0.1) is 0 Å². The molecule has 2 aliphatic heterocycles. The number of carbonyl (C=O) groups is 2. The smallest absolute Gasteiger partial charge is 0.432 e. The minimum absolute atomic E-state index is 0.0791. The molecule has 0 aromatic carbocycles. The van der Waals surface area contributed by atoms with E-state index >= 15 is 0 Å². The van der Waals surface area contributed by atoms with Gasteiger partial charge >= 0.3 is 19.9 Å². The lowest BCUT2D eigenvalue weighted by atomic mass is 10.0. The van der Waals surface area contributed by atoms with E-state index in [0.717, 1.165) is 31.2 Å². The maximum absolute atomic E-state index is 13.4. The van der Waals surface area contributed by atoms with Crippen molar-refractivity contribution in [3.63, 3.8) is 0 Å². The van der Waals surface area contributed by atoms with Crippen LogP contribution in [-0.2, 0) is 42.0 Å². The van der Waals surface area contributed by atoms with E-state index in [-0.39, 0.29) is 24.4 Å². The number of carbonyl (C=O) groups excluding carboxylic acids is 2. The van der Waals surface area contributed by atoms with Crippen LogP contribution in [0.25, 0.3) is 6.08 Å². The van der Waals surface area contributed by atoms with Crippen LogP contribution in [0.15, 0.2) is 6.08 Å². The summed E-state index contributed by atoms with van der Waals surface area (Å²) < 4.78 is 55.0. The minimum atomic E-state index is -4.16. The van der Waals surface area contributed by atoms with E-state index in [0.29, 0.717) is 24.1 Å². The van der Waals surface area contributed by atoms with Gasteiger partial charge in [-0.1, -0.05) is 25.8 Å². The number of nitrogens with zero attached hydrogens (tertiary/aromatic N) is 3. The molecule has 18 heteroatoms. The normalized spacial score (nSPS) is 22.6. The molecule has 0 bridgehead atoms. The summed E-state index contributed by atoms with van der Waals surface area (Å²) in [5, 5.41) is 14.8. The van der Waals surface area contributed by atoms with Gasteiger partial charge in [0.25, 0.3) is 0 Å². The Kier molecular flexibility index (Phi) is 14.1. The molecule has 48 heavy (non-hydrogen) atoms. The summed E-state index contributed by atoms with van der Waals surface area (Å²) in [5.41, 5.74) is 0.765. The molecule has 1 aliphatic carbocycles. The van der Waals surface area contributed by atoms with Crippen molar-refractivity contribution in [3.8, 4) is 0 Å². The van der Waals surface area contributed by atoms with Crippen molar-refractivity contribution in [2.24, 2.45) is 0 Å². The number of ether oxygens (including phenoxy) is 6. The van der Waals surface area contributed by atoms with Gasteiger partial charge in [0.2, 0.25) is 18.9 Å². The first-order chi connectivity index (χ1) is 22.9. The number of nitrogens with one attached hydrogen (secondary N) is 1. The number of rotatable bonds is 16. The SMILES string of the molecule is CCC1C=Cc2c(NC3CCCC3)nc(Cl)nc2N1[C@@H]1O[C@H](COCP(=O)(OCOC(=O)OC(C)C)OCOC(=O)OC(C)C)C[C@H]1O. The van der Waals surface area contributed by atoms with Crippen molar-refractivity contribution in [2.45, 2.75) is 116 Å². The molecule has 1 aromatic rings. The number of fused-ring (bicyclic) bond motifs is 1. The summed E-state index contributed by atoms with van der Waals surface area (Å²) in [6.45, 7) is 6.85. The van der Waals surface area contributed by atoms with Crippen molar-refractivity contribution in [3.05, 3.63) is 16.9 Å². The quantitative estimate of drug-likeness (QED) is 0.0900. The summed E-state index contributed by atoms with van der Waals surface area (Å²) in [6.07, 6.45) is 3.38. The monoisotopic (exact) mass is 720 g/mol. The van der Waals surface area contributed by atoms with E-state index < -0.39 is 70.5 Å². The number of hydrogen-bond acceptors (Lipinski definition) is 16. The standard InChI is InChI=1S/C30H46ClN4O12P/c1-6-21-11-12-23-25(32-20-9-7-8-10-20)33-28(31)34-26(23)35(21)27-24(36)13-22(47-27)14-40-17-48(39,43-15-41-29(37)45-18(2)3)44-16-42-30(38)46-19(4)5/h11-12,18-22,24,27,36H,6-10,13-17H2,1-5H3,(H,32,33,34)/t21?,22-,24+,27+/m0/s1. The summed E-state index contributed by atoms with van der Waals surface area (Å²) in [4.78, 5) is 34.4. The highest BCUT2D eigenvalue weighted by Crippen LogP contribution is 2.48. The first-order valence-electron chi connectivity index (χ1n) is 16.1. The minimum Gasteiger partial charge on any atom is -0.432 e. The third-order valence-corrected chi connectivity index (χ3v) is 9.27. The average molecular weight is 721 g/mol. The number of aliphatic hydroxyl groups excluding tert-OH is 1. The van der Waals surface area contributed by atoms with Crippen LogP contribution in [0.4, 0.5) is 21.2 Å². The van der Waals surface area contributed by atoms with Gasteiger partial charge in [-0.05, 0) is 64.6 Å². The van der Waals surface area contributed by atoms with Crippen molar-refractivity contribution >= 4 is 49.2 Å². The van der Waals surface area contributed by atoms with E-state index in [1.807, 2.05) is 24.0 Å². The molecule has 1 aromatic heterocycles. The Balaban J connectivity index is 1.39. The summed E-state index contributed by atoms with van der Waals surface area (Å²) in [7, 11) is -4.16. The molecular formula is C30H46ClN4O12P. The zero-order chi connectivity index (χ0) is 34.8. The van der Waals surface area contributed by atoms with Gasteiger partial charge in [0.1, 0.15) is 24.1 Å². The summed E-state index contributed by atoms with van der Waals surface area (Å²) in [6, 6.07) is 0.152. The van der Waals surface area contributed by atoms with Crippen LogP contribution in [0.3, 0.4) is 0 Å². The molecule has 1 saturated heterocycles. The average Bonchev–Trinajstić information content (AvgIpc) is 3.64. The van der Waals surface area contributed by atoms with Crippen molar-refractivity contribution in [2.75, 3.05) is 36.8 Å². The van der Waals surface area contributed by atoms with Crippen molar-refractivity contribution in [1.82, 2.24) is 9.97 Å². The molecule has 16 nitrogen and oxygen atoms in total. The van der Waals surface area contributed by atoms with Gasteiger partial charge in [-0.25, -0.2) is 14.6 Å². The van der Waals surface area contributed by atoms with E-state index in [2.05, 4.69) is 15.3 Å². The number of aliphatic hydroxyl groups is 1.